The molecular formula is C24H25BrF3NO4S. The van der Waals surface area contributed by atoms with Gasteiger partial charge in [0.1, 0.15) is 6.79 Å². The van der Waals surface area contributed by atoms with Gasteiger partial charge in [-0.15, -0.1) is 11.3 Å². The van der Waals surface area contributed by atoms with Gasteiger partial charge in [0.15, 0.2) is 5.60 Å². The summed E-state index contributed by atoms with van der Waals surface area (Å²) in [6.07, 6.45) is -3.29. The molecule has 1 saturated heterocycles. The molecule has 5 nitrogen and oxygen atoms in total. The fourth-order valence-electron chi connectivity index (χ4n) is 4.73. The monoisotopic (exact) mass is 559 g/mol. The molecule has 0 aliphatic carbocycles. The van der Waals surface area contributed by atoms with Crippen molar-refractivity contribution in [3.8, 4) is 0 Å². The Balaban J connectivity index is 1.58. The van der Waals surface area contributed by atoms with Crippen LogP contribution in [0.4, 0.5) is 13.2 Å². The predicted molar refractivity (Wildman–Crippen MR) is 128 cm³/mol. The van der Waals surface area contributed by atoms with E-state index in [-0.39, 0.29) is 23.3 Å². The summed E-state index contributed by atoms with van der Waals surface area (Å²) in [4.78, 5) is 12.3. The van der Waals surface area contributed by atoms with Gasteiger partial charge < -0.3 is 19.1 Å². The smallest absolute Gasteiger partial charge is 0.379 e. The molecule has 3 atom stereocenters. The quantitative estimate of drug-likeness (QED) is 0.394. The van der Waals surface area contributed by atoms with E-state index in [1.54, 1.807) is 18.4 Å². The Morgan fingerprint density at radius 1 is 1.26 bits per heavy atom. The zero-order chi connectivity index (χ0) is 24.6. The Morgan fingerprint density at radius 2 is 2.00 bits per heavy atom. The van der Waals surface area contributed by atoms with Crippen molar-refractivity contribution in [1.82, 2.24) is 4.57 Å². The number of halogens is 4. The van der Waals surface area contributed by atoms with Crippen molar-refractivity contribution in [2.45, 2.75) is 50.1 Å². The summed E-state index contributed by atoms with van der Waals surface area (Å²) < 4.78 is 55.8. The molecule has 1 aliphatic heterocycles. The third kappa shape index (κ3) is 5.26. The second-order valence-corrected chi connectivity index (χ2v) is 10.8. The second-order valence-electron chi connectivity index (χ2n) is 9.07. The van der Waals surface area contributed by atoms with Gasteiger partial charge in [-0.3, -0.25) is 4.79 Å². The number of pyridine rings is 1. The number of aromatic nitrogens is 1. The maximum Gasteiger partial charge on any atom is 0.418 e. The molecule has 0 bridgehead atoms. The van der Waals surface area contributed by atoms with E-state index < -0.39 is 36.3 Å². The van der Waals surface area contributed by atoms with Crippen LogP contribution < -0.4 is 5.43 Å². The number of aliphatic hydroxyl groups is 1. The van der Waals surface area contributed by atoms with Gasteiger partial charge >= 0.3 is 6.18 Å². The number of fused-ring (bicyclic) bond motifs is 1. The number of nitrogens with zero attached hydrogens (tertiary/aromatic N) is 1. The second kappa shape index (κ2) is 9.73. The Bertz CT molecular complexity index is 1190. The fourth-order valence-corrected chi connectivity index (χ4v) is 6.17. The molecular weight excluding hydrogens is 535 g/mol. The first-order valence-electron chi connectivity index (χ1n) is 10.8. The standard InChI is InChI=1S/C24H25BrF3NO4S/c1-16(9-22(14-32-15-33-22)11-17-5-3-2-4-6-17)10-23(31,24(26,27)28)13-29-12-18(25)20(30)21-19(29)7-8-34-21/h2-8,12,16,31H,9-11,13-15H2,1H3. The summed E-state index contributed by atoms with van der Waals surface area (Å²) in [7, 11) is 0. The summed E-state index contributed by atoms with van der Waals surface area (Å²) in [5.41, 5.74) is -2.67. The van der Waals surface area contributed by atoms with E-state index >= 15 is 0 Å². The highest BCUT2D eigenvalue weighted by molar-refractivity contribution is 9.10. The first-order chi connectivity index (χ1) is 16.0. The number of thiophene rings is 1. The minimum atomic E-state index is -4.88. The van der Waals surface area contributed by atoms with E-state index in [1.807, 2.05) is 30.3 Å². The van der Waals surface area contributed by atoms with E-state index in [0.29, 0.717) is 23.1 Å². The van der Waals surface area contributed by atoms with Crippen LogP contribution >= 0.6 is 27.3 Å². The van der Waals surface area contributed by atoms with Crippen molar-refractivity contribution in [2.24, 2.45) is 5.92 Å². The van der Waals surface area contributed by atoms with Gasteiger partial charge in [0, 0.05) is 12.6 Å². The maximum absolute atomic E-state index is 14.2. The van der Waals surface area contributed by atoms with Gasteiger partial charge in [-0.1, -0.05) is 37.3 Å². The lowest BCUT2D eigenvalue weighted by atomic mass is 9.81. The Morgan fingerprint density at radius 3 is 2.65 bits per heavy atom. The number of alkyl halides is 3. The van der Waals surface area contributed by atoms with Crippen LogP contribution in [0.15, 0.2) is 57.2 Å². The third-order valence-electron chi connectivity index (χ3n) is 6.20. The minimum absolute atomic E-state index is 0.0879. The van der Waals surface area contributed by atoms with E-state index in [9.17, 15) is 23.1 Å². The molecule has 1 aromatic carbocycles. The lowest BCUT2D eigenvalue weighted by Crippen LogP contribution is -2.50. The average molecular weight is 560 g/mol. The topological polar surface area (TPSA) is 60.7 Å². The van der Waals surface area contributed by atoms with E-state index in [4.69, 9.17) is 9.47 Å². The van der Waals surface area contributed by atoms with Crippen molar-refractivity contribution >= 4 is 37.5 Å². The van der Waals surface area contributed by atoms with Crippen molar-refractivity contribution < 1.29 is 27.8 Å². The molecule has 0 radical (unpaired) electrons. The van der Waals surface area contributed by atoms with Gasteiger partial charge in [0.05, 0.1) is 33.4 Å². The zero-order valence-corrected chi connectivity index (χ0v) is 20.9. The number of hydrogen-bond donors (Lipinski definition) is 1. The normalized spacial score (nSPS) is 21.6. The molecule has 184 valence electrons. The molecule has 0 saturated carbocycles. The number of rotatable bonds is 8. The molecule has 3 aromatic rings. The molecule has 1 aliphatic rings. The minimum Gasteiger partial charge on any atom is -0.379 e. The largest absolute Gasteiger partial charge is 0.418 e. The summed E-state index contributed by atoms with van der Waals surface area (Å²) in [5, 5.41) is 12.6. The number of ether oxygens (including phenoxy) is 2. The van der Waals surface area contributed by atoms with Crippen LogP contribution in [0.1, 0.15) is 25.3 Å². The molecule has 10 heteroatoms. The summed E-state index contributed by atoms with van der Waals surface area (Å²) >= 11 is 4.29. The molecule has 2 aromatic heterocycles. The maximum atomic E-state index is 14.2. The molecule has 4 rings (SSSR count). The predicted octanol–water partition coefficient (Wildman–Crippen LogP) is 5.52. The molecule has 34 heavy (non-hydrogen) atoms. The Labute approximate surface area is 207 Å². The van der Waals surface area contributed by atoms with Crippen LogP contribution in [0.2, 0.25) is 0 Å². The first-order valence-corrected chi connectivity index (χ1v) is 12.5. The highest BCUT2D eigenvalue weighted by atomic mass is 79.9. The van der Waals surface area contributed by atoms with Gasteiger partial charge in [-0.05, 0) is 51.7 Å². The molecule has 3 unspecified atom stereocenters. The molecule has 0 amide bonds. The van der Waals surface area contributed by atoms with Crippen LogP contribution in [0.5, 0.6) is 0 Å². The van der Waals surface area contributed by atoms with Crippen LogP contribution in [0.25, 0.3) is 10.2 Å². The zero-order valence-electron chi connectivity index (χ0n) is 18.5. The van der Waals surface area contributed by atoms with Gasteiger partial charge in [-0.2, -0.15) is 13.2 Å². The summed E-state index contributed by atoms with van der Waals surface area (Å²) in [5.74, 6) is -0.530. The van der Waals surface area contributed by atoms with Crippen LogP contribution in [-0.4, -0.2) is 40.5 Å². The highest BCUT2D eigenvalue weighted by Gasteiger charge is 2.55. The third-order valence-corrected chi connectivity index (χ3v) is 7.66. The van der Waals surface area contributed by atoms with Crippen LogP contribution in [0, 0.1) is 5.92 Å². The van der Waals surface area contributed by atoms with Crippen molar-refractivity contribution in [2.75, 3.05) is 13.4 Å². The first kappa shape index (κ1) is 25.4. The number of hydrogen-bond acceptors (Lipinski definition) is 5. The van der Waals surface area contributed by atoms with E-state index in [1.165, 1.54) is 10.8 Å². The SMILES string of the molecule is CC(CC1(Cc2ccccc2)COCO1)CC(O)(Cn1cc(Br)c(=O)c2sccc21)C(F)(F)F. The fraction of sp³-hybridized carbons (Fsp3) is 0.458. The Hall–Kier alpha value is -1.72. The van der Waals surface area contributed by atoms with Crippen LogP contribution in [0.3, 0.4) is 0 Å². The van der Waals surface area contributed by atoms with Crippen molar-refractivity contribution in [3.63, 3.8) is 0 Å². The van der Waals surface area contributed by atoms with Gasteiger partial charge in [-0.25, -0.2) is 0 Å². The summed E-state index contributed by atoms with van der Waals surface area (Å²) in [6.45, 7) is 1.33. The van der Waals surface area contributed by atoms with Gasteiger partial charge in [0.2, 0.25) is 5.43 Å². The molecule has 0 spiro atoms. The van der Waals surface area contributed by atoms with Crippen LogP contribution in [-0.2, 0) is 22.4 Å². The van der Waals surface area contributed by atoms with E-state index in [2.05, 4.69) is 15.9 Å². The molecule has 1 fully saturated rings. The molecule has 3 heterocycles. The van der Waals surface area contributed by atoms with Crippen molar-refractivity contribution in [1.29, 1.82) is 0 Å². The highest BCUT2D eigenvalue weighted by Crippen LogP contribution is 2.41. The summed E-state index contributed by atoms with van der Waals surface area (Å²) in [6, 6.07) is 11.2. The molecule has 1 N–H and O–H groups in total. The number of benzene rings is 1. The lowest BCUT2D eigenvalue weighted by molar-refractivity contribution is -0.271. The lowest BCUT2D eigenvalue weighted by Gasteiger charge is -2.36. The average Bonchev–Trinajstić information content (AvgIpc) is 3.42. The van der Waals surface area contributed by atoms with Gasteiger partial charge in [0.25, 0.3) is 0 Å². The van der Waals surface area contributed by atoms with Crippen molar-refractivity contribution in [3.05, 3.63) is 68.2 Å². The van der Waals surface area contributed by atoms with E-state index in [0.717, 1.165) is 16.9 Å². The Kier molecular flexibility index (Phi) is 7.26.